The molecular formula is C23H20N4O2. The molecule has 1 amide bonds. The summed E-state index contributed by atoms with van der Waals surface area (Å²) in [6.07, 6.45) is 3.38. The van der Waals surface area contributed by atoms with E-state index in [1.54, 1.807) is 12.4 Å². The number of benzene rings is 2. The number of carbonyl (C=O) groups excluding carboxylic acids is 1. The fourth-order valence-electron chi connectivity index (χ4n) is 3.76. The Bertz CT molecular complexity index is 1140. The first-order valence-corrected chi connectivity index (χ1v) is 9.64. The Morgan fingerprint density at radius 3 is 2.76 bits per heavy atom. The third-order valence-electron chi connectivity index (χ3n) is 5.27. The van der Waals surface area contributed by atoms with Gasteiger partial charge in [-0.25, -0.2) is 4.98 Å². The van der Waals surface area contributed by atoms with Crippen molar-refractivity contribution in [3.63, 3.8) is 0 Å². The van der Waals surface area contributed by atoms with Crippen LogP contribution in [0.2, 0.25) is 0 Å². The zero-order valence-electron chi connectivity index (χ0n) is 15.8. The highest BCUT2D eigenvalue weighted by atomic mass is 16.5. The third kappa shape index (κ3) is 3.39. The molecule has 6 nitrogen and oxygen atoms in total. The van der Waals surface area contributed by atoms with Crippen molar-refractivity contribution in [1.29, 1.82) is 0 Å². The van der Waals surface area contributed by atoms with Crippen LogP contribution in [0.5, 0.6) is 0 Å². The van der Waals surface area contributed by atoms with Crippen LogP contribution in [0.25, 0.3) is 22.2 Å². The van der Waals surface area contributed by atoms with Gasteiger partial charge in [0.05, 0.1) is 36.1 Å². The van der Waals surface area contributed by atoms with Gasteiger partial charge in [-0.05, 0) is 17.7 Å². The number of aromatic nitrogens is 3. The lowest BCUT2D eigenvalue weighted by Crippen LogP contribution is -2.42. The van der Waals surface area contributed by atoms with E-state index in [2.05, 4.69) is 10.2 Å². The van der Waals surface area contributed by atoms with Crippen LogP contribution in [0.1, 0.15) is 22.0 Å². The molecule has 1 saturated heterocycles. The molecule has 6 heteroatoms. The Labute approximate surface area is 168 Å². The molecule has 1 aliphatic heterocycles. The molecule has 0 spiro atoms. The van der Waals surface area contributed by atoms with Crippen molar-refractivity contribution in [1.82, 2.24) is 20.1 Å². The zero-order valence-corrected chi connectivity index (χ0v) is 15.8. The number of fused-ring (bicyclic) bond motifs is 1. The predicted octanol–water partition coefficient (Wildman–Crippen LogP) is 3.84. The van der Waals surface area contributed by atoms with E-state index in [1.807, 2.05) is 65.6 Å². The number of H-pyrrole nitrogens is 1. The van der Waals surface area contributed by atoms with Crippen LogP contribution in [0.15, 0.2) is 73.1 Å². The van der Waals surface area contributed by atoms with Gasteiger partial charge in [0, 0.05) is 23.7 Å². The number of hydrogen-bond donors (Lipinski definition) is 1. The molecule has 0 aliphatic carbocycles. The lowest BCUT2D eigenvalue weighted by atomic mass is 10.0. The van der Waals surface area contributed by atoms with Gasteiger partial charge in [0.2, 0.25) is 0 Å². The topological polar surface area (TPSA) is 71.1 Å². The summed E-state index contributed by atoms with van der Waals surface area (Å²) >= 11 is 0. The van der Waals surface area contributed by atoms with Gasteiger partial charge in [-0.2, -0.15) is 5.10 Å². The second-order valence-corrected chi connectivity index (χ2v) is 7.08. The van der Waals surface area contributed by atoms with Gasteiger partial charge < -0.3 is 9.64 Å². The van der Waals surface area contributed by atoms with E-state index < -0.39 is 0 Å². The number of morpholine rings is 1. The number of pyridine rings is 1. The van der Waals surface area contributed by atoms with E-state index in [0.29, 0.717) is 25.3 Å². The normalized spacial score (nSPS) is 16.8. The largest absolute Gasteiger partial charge is 0.370 e. The second-order valence-electron chi connectivity index (χ2n) is 7.08. The van der Waals surface area contributed by atoms with Gasteiger partial charge in [0.1, 0.15) is 6.10 Å². The van der Waals surface area contributed by atoms with Crippen LogP contribution in [-0.2, 0) is 4.74 Å². The van der Waals surface area contributed by atoms with Crippen LogP contribution < -0.4 is 0 Å². The minimum Gasteiger partial charge on any atom is -0.370 e. The number of rotatable bonds is 3. The number of carbonyl (C=O) groups is 1. The molecule has 2 aromatic carbocycles. The maximum absolute atomic E-state index is 13.5. The lowest BCUT2D eigenvalue weighted by molar-refractivity contribution is -0.0227. The van der Waals surface area contributed by atoms with Crippen molar-refractivity contribution in [2.45, 2.75) is 6.10 Å². The van der Waals surface area contributed by atoms with Crippen molar-refractivity contribution in [3.8, 4) is 11.3 Å². The van der Waals surface area contributed by atoms with Gasteiger partial charge >= 0.3 is 0 Å². The first-order valence-electron chi connectivity index (χ1n) is 9.64. The maximum Gasteiger partial charge on any atom is 0.254 e. The van der Waals surface area contributed by atoms with Crippen LogP contribution >= 0.6 is 0 Å². The Morgan fingerprint density at radius 1 is 1.10 bits per heavy atom. The van der Waals surface area contributed by atoms with E-state index in [4.69, 9.17) is 9.72 Å². The average Bonchev–Trinajstić information content (AvgIpc) is 3.34. The Balaban J connectivity index is 1.52. The molecule has 1 N–H and O–H groups in total. The fourth-order valence-corrected chi connectivity index (χ4v) is 3.76. The van der Waals surface area contributed by atoms with Gasteiger partial charge in [-0.3, -0.25) is 9.89 Å². The van der Waals surface area contributed by atoms with Crippen LogP contribution in [-0.4, -0.2) is 45.7 Å². The number of hydrogen-bond acceptors (Lipinski definition) is 4. The molecule has 2 aromatic heterocycles. The first-order chi connectivity index (χ1) is 14.3. The monoisotopic (exact) mass is 384 g/mol. The summed E-state index contributed by atoms with van der Waals surface area (Å²) in [5, 5.41) is 7.67. The maximum atomic E-state index is 13.5. The van der Waals surface area contributed by atoms with E-state index in [1.165, 1.54) is 0 Å². The molecular weight excluding hydrogens is 364 g/mol. The number of nitrogens with one attached hydrogen (secondary N) is 1. The van der Waals surface area contributed by atoms with Crippen molar-refractivity contribution in [3.05, 3.63) is 84.2 Å². The van der Waals surface area contributed by atoms with Gasteiger partial charge in [-0.15, -0.1) is 0 Å². The SMILES string of the molecule is O=C(c1cc(-c2cn[nH]c2)nc2ccccc12)N1CCOC(c2ccccc2)C1. The fraction of sp³-hybridized carbons (Fsp3) is 0.174. The predicted molar refractivity (Wildman–Crippen MR) is 110 cm³/mol. The van der Waals surface area contributed by atoms with Gasteiger partial charge in [-0.1, -0.05) is 48.5 Å². The minimum atomic E-state index is -0.115. The Morgan fingerprint density at radius 2 is 1.93 bits per heavy atom. The van der Waals surface area contributed by atoms with Crippen LogP contribution in [0, 0.1) is 0 Å². The number of amides is 1. The Hall–Kier alpha value is -3.51. The molecule has 29 heavy (non-hydrogen) atoms. The molecule has 0 saturated carbocycles. The smallest absolute Gasteiger partial charge is 0.254 e. The zero-order chi connectivity index (χ0) is 19.6. The van der Waals surface area contributed by atoms with Gasteiger partial charge in [0.15, 0.2) is 0 Å². The highest BCUT2D eigenvalue weighted by Crippen LogP contribution is 2.28. The van der Waals surface area contributed by atoms with Crippen molar-refractivity contribution >= 4 is 16.8 Å². The van der Waals surface area contributed by atoms with E-state index in [-0.39, 0.29) is 12.0 Å². The highest BCUT2D eigenvalue weighted by Gasteiger charge is 2.27. The summed E-state index contributed by atoms with van der Waals surface area (Å²) in [7, 11) is 0. The van der Waals surface area contributed by atoms with E-state index >= 15 is 0 Å². The summed E-state index contributed by atoms with van der Waals surface area (Å²) < 4.78 is 5.93. The van der Waals surface area contributed by atoms with E-state index in [0.717, 1.165) is 27.7 Å². The molecule has 0 bridgehead atoms. The summed E-state index contributed by atoms with van der Waals surface area (Å²) in [6, 6.07) is 19.7. The molecule has 4 aromatic rings. The summed E-state index contributed by atoms with van der Waals surface area (Å²) in [6.45, 7) is 1.61. The Kier molecular flexibility index (Phi) is 4.54. The summed E-state index contributed by atoms with van der Waals surface area (Å²) in [5.74, 6) is -0.00224. The number of para-hydroxylation sites is 1. The standard InChI is InChI=1S/C23H20N4O2/c28-23(27-10-11-29-22(15-27)16-6-2-1-3-7-16)19-12-21(17-13-24-25-14-17)26-20-9-5-4-8-18(19)20/h1-9,12-14,22H,10-11,15H2,(H,24,25). The highest BCUT2D eigenvalue weighted by molar-refractivity contribution is 6.07. The van der Waals surface area contributed by atoms with Crippen molar-refractivity contribution in [2.24, 2.45) is 0 Å². The van der Waals surface area contributed by atoms with Crippen LogP contribution in [0.4, 0.5) is 0 Å². The third-order valence-corrected chi connectivity index (χ3v) is 5.27. The molecule has 5 rings (SSSR count). The molecule has 0 radical (unpaired) electrons. The number of nitrogens with zero attached hydrogens (tertiary/aromatic N) is 3. The van der Waals surface area contributed by atoms with E-state index in [9.17, 15) is 4.79 Å². The van der Waals surface area contributed by atoms with Crippen molar-refractivity contribution < 1.29 is 9.53 Å². The second kappa shape index (κ2) is 7.48. The lowest BCUT2D eigenvalue weighted by Gasteiger charge is -2.33. The average molecular weight is 384 g/mol. The van der Waals surface area contributed by atoms with Crippen molar-refractivity contribution in [2.75, 3.05) is 19.7 Å². The minimum absolute atomic E-state index is 0.00224. The van der Waals surface area contributed by atoms with Crippen LogP contribution in [0.3, 0.4) is 0 Å². The summed E-state index contributed by atoms with van der Waals surface area (Å²) in [5.41, 5.74) is 4.12. The first kappa shape index (κ1) is 17.6. The molecule has 1 aliphatic rings. The quantitative estimate of drug-likeness (QED) is 0.583. The molecule has 1 fully saturated rings. The molecule has 3 heterocycles. The summed E-state index contributed by atoms with van der Waals surface area (Å²) in [4.78, 5) is 20.1. The van der Waals surface area contributed by atoms with Gasteiger partial charge in [0.25, 0.3) is 5.91 Å². The molecule has 1 atom stereocenters. The number of ether oxygens (including phenoxy) is 1. The molecule has 1 unspecified atom stereocenters. The number of aromatic amines is 1. The molecule has 144 valence electrons.